The van der Waals surface area contributed by atoms with Gasteiger partial charge in [-0.05, 0) is 42.4 Å². The third-order valence-electron chi connectivity index (χ3n) is 3.49. The van der Waals surface area contributed by atoms with Crippen LogP contribution in [0.3, 0.4) is 0 Å². The van der Waals surface area contributed by atoms with Gasteiger partial charge >= 0.3 is 0 Å². The average molecular weight is 279 g/mol. The normalized spacial score (nSPS) is 17.6. The maximum absolute atomic E-state index is 8.78. The van der Waals surface area contributed by atoms with Gasteiger partial charge in [-0.3, -0.25) is 0 Å². The maximum Gasteiger partial charge on any atom is 0.170 e. The lowest BCUT2D eigenvalue weighted by Gasteiger charge is -2.21. The van der Waals surface area contributed by atoms with E-state index in [0.717, 1.165) is 30.1 Å². The van der Waals surface area contributed by atoms with Crippen LogP contribution in [0.4, 0.5) is 0 Å². The van der Waals surface area contributed by atoms with Gasteiger partial charge in [-0.1, -0.05) is 29.4 Å². The van der Waals surface area contributed by atoms with Gasteiger partial charge in [-0.2, -0.15) is 11.8 Å². The lowest BCUT2D eigenvalue weighted by molar-refractivity contribution is 0.318. The number of hydrogen-bond acceptors (Lipinski definition) is 4. The number of nitrogens with two attached hydrogens (primary N) is 1. The SMILES string of the molecule is N/C(=N/O)c1ccccc1CNCC1CCSCC1. The van der Waals surface area contributed by atoms with E-state index >= 15 is 0 Å². The van der Waals surface area contributed by atoms with E-state index in [4.69, 9.17) is 10.9 Å². The molecule has 0 aliphatic carbocycles. The summed E-state index contributed by atoms with van der Waals surface area (Å²) in [5.41, 5.74) is 7.55. The summed E-state index contributed by atoms with van der Waals surface area (Å²) in [7, 11) is 0. The van der Waals surface area contributed by atoms with Crippen molar-refractivity contribution < 1.29 is 5.21 Å². The van der Waals surface area contributed by atoms with Crippen molar-refractivity contribution in [3.05, 3.63) is 35.4 Å². The molecule has 5 heteroatoms. The van der Waals surface area contributed by atoms with E-state index in [0.29, 0.717) is 0 Å². The molecule has 19 heavy (non-hydrogen) atoms. The molecule has 104 valence electrons. The van der Waals surface area contributed by atoms with Crippen molar-refractivity contribution in [2.75, 3.05) is 18.1 Å². The molecule has 1 aromatic rings. The molecule has 1 aliphatic heterocycles. The van der Waals surface area contributed by atoms with E-state index in [2.05, 4.69) is 22.2 Å². The zero-order chi connectivity index (χ0) is 13.5. The van der Waals surface area contributed by atoms with Gasteiger partial charge in [0.2, 0.25) is 0 Å². The lowest BCUT2D eigenvalue weighted by Crippen LogP contribution is -2.26. The number of oxime groups is 1. The monoisotopic (exact) mass is 279 g/mol. The van der Waals surface area contributed by atoms with Crippen molar-refractivity contribution in [1.29, 1.82) is 0 Å². The molecule has 0 bridgehead atoms. The van der Waals surface area contributed by atoms with Crippen LogP contribution < -0.4 is 11.1 Å². The van der Waals surface area contributed by atoms with Gasteiger partial charge < -0.3 is 16.3 Å². The Bertz CT molecular complexity index is 430. The second-order valence-corrected chi connectivity index (χ2v) is 6.05. The van der Waals surface area contributed by atoms with Gasteiger partial charge in [0.1, 0.15) is 0 Å². The van der Waals surface area contributed by atoms with Crippen LogP contribution >= 0.6 is 11.8 Å². The van der Waals surface area contributed by atoms with E-state index < -0.39 is 0 Å². The second kappa shape index (κ2) is 7.40. The predicted octanol–water partition coefficient (Wildman–Crippen LogP) is 2.01. The molecule has 0 radical (unpaired) electrons. The first-order valence-electron chi connectivity index (χ1n) is 6.65. The lowest BCUT2D eigenvalue weighted by atomic mass is 10.0. The summed E-state index contributed by atoms with van der Waals surface area (Å²) in [5, 5.41) is 15.4. The number of nitrogens with zero attached hydrogens (tertiary/aromatic N) is 1. The van der Waals surface area contributed by atoms with Crippen molar-refractivity contribution >= 4 is 17.6 Å². The average Bonchev–Trinajstić information content (AvgIpc) is 2.48. The van der Waals surface area contributed by atoms with E-state index in [-0.39, 0.29) is 5.84 Å². The highest BCUT2D eigenvalue weighted by Crippen LogP contribution is 2.22. The van der Waals surface area contributed by atoms with Crippen LogP contribution in [0.15, 0.2) is 29.4 Å². The van der Waals surface area contributed by atoms with Crippen LogP contribution in [-0.4, -0.2) is 29.1 Å². The third kappa shape index (κ3) is 4.14. The van der Waals surface area contributed by atoms with Gasteiger partial charge in [0, 0.05) is 12.1 Å². The molecule has 1 fully saturated rings. The summed E-state index contributed by atoms with van der Waals surface area (Å²) < 4.78 is 0. The molecule has 1 aromatic carbocycles. The largest absolute Gasteiger partial charge is 0.409 e. The van der Waals surface area contributed by atoms with Gasteiger partial charge in [0.05, 0.1) is 0 Å². The first kappa shape index (κ1) is 14.2. The first-order chi connectivity index (χ1) is 9.31. The van der Waals surface area contributed by atoms with Crippen molar-refractivity contribution in [2.45, 2.75) is 19.4 Å². The predicted molar refractivity (Wildman–Crippen MR) is 80.7 cm³/mol. The first-order valence-corrected chi connectivity index (χ1v) is 7.81. The third-order valence-corrected chi connectivity index (χ3v) is 4.54. The molecular formula is C14H21N3OS. The Balaban J connectivity index is 1.88. The Labute approximate surface area is 118 Å². The standard InChI is InChI=1S/C14H21N3OS/c15-14(17-18)13-4-2-1-3-12(13)10-16-9-11-5-7-19-8-6-11/h1-4,11,16,18H,5-10H2,(H2,15,17). The number of benzene rings is 1. The smallest absolute Gasteiger partial charge is 0.170 e. The van der Waals surface area contributed by atoms with E-state index in [1.54, 1.807) is 0 Å². The summed E-state index contributed by atoms with van der Waals surface area (Å²) in [6.45, 7) is 1.81. The Hall–Kier alpha value is -1.20. The zero-order valence-corrected chi connectivity index (χ0v) is 11.8. The number of hydrogen-bond donors (Lipinski definition) is 3. The molecule has 1 saturated heterocycles. The summed E-state index contributed by atoms with van der Waals surface area (Å²) in [5.74, 6) is 3.53. The molecule has 4 N–H and O–H groups in total. The summed E-state index contributed by atoms with van der Waals surface area (Å²) in [4.78, 5) is 0. The molecule has 0 atom stereocenters. The van der Waals surface area contributed by atoms with Crippen LogP contribution in [0.5, 0.6) is 0 Å². The zero-order valence-electron chi connectivity index (χ0n) is 11.0. The van der Waals surface area contributed by atoms with E-state index in [9.17, 15) is 0 Å². The molecule has 2 rings (SSSR count). The Morgan fingerprint density at radius 3 is 2.84 bits per heavy atom. The summed E-state index contributed by atoms with van der Waals surface area (Å²) >= 11 is 2.05. The quantitative estimate of drug-likeness (QED) is 0.334. The minimum atomic E-state index is 0.173. The number of thioether (sulfide) groups is 1. The van der Waals surface area contributed by atoms with Gasteiger partial charge in [-0.15, -0.1) is 0 Å². The van der Waals surface area contributed by atoms with E-state index in [1.165, 1.54) is 24.3 Å². The van der Waals surface area contributed by atoms with Crippen molar-refractivity contribution in [3.8, 4) is 0 Å². The van der Waals surface area contributed by atoms with Crippen LogP contribution in [-0.2, 0) is 6.54 Å². The molecule has 0 spiro atoms. The fraction of sp³-hybridized carbons (Fsp3) is 0.500. The molecule has 1 aliphatic rings. The minimum Gasteiger partial charge on any atom is -0.409 e. The van der Waals surface area contributed by atoms with Crippen molar-refractivity contribution in [1.82, 2.24) is 5.32 Å². The highest BCUT2D eigenvalue weighted by Gasteiger charge is 2.13. The highest BCUT2D eigenvalue weighted by molar-refractivity contribution is 7.99. The van der Waals surface area contributed by atoms with Crippen LogP contribution in [0.1, 0.15) is 24.0 Å². The van der Waals surface area contributed by atoms with Crippen LogP contribution in [0, 0.1) is 5.92 Å². The number of amidine groups is 1. The van der Waals surface area contributed by atoms with Crippen LogP contribution in [0.2, 0.25) is 0 Å². The molecule has 4 nitrogen and oxygen atoms in total. The molecule has 0 saturated carbocycles. The van der Waals surface area contributed by atoms with Gasteiger partial charge in [-0.25, -0.2) is 0 Å². The molecule has 0 amide bonds. The molecule has 0 aromatic heterocycles. The van der Waals surface area contributed by atoms with Crippen LogP contribution in [0.25, 0.3) is 0 Å². The maximum atomic E-state index is 8.78. The minimum absolute atomic E-state index is 0.173. The van der Waals surface area contributed by atoms with Crippen molar-refractivity contribution in [2.24, 2.45) is 16.8 Å². The molecule has 0 unspecified atom stereocenters. The number of nitrogens with one attached hydrogen (secondary N) is 1. The molecule has 1 heterocycles. The fourth-order valence-corrected chi connectivity index (χ4v) is 3.54. The second-order valence-electron chi connectivity index (χ2n) is 4.83. The topological polar surface area (TPSA) is 70.6 Å². The van der Waals surface area contributed by atoms with E-state index in [1.807, 2.05) is 24.3 Å². The number of rotatable bonds is 5. The molecular weight excluding hydrogens is 258 g/mol. The Kier molecular flexibility index (Phi) is 5.54. The fourth-order valence-electron chi connectivity index (χ4n) is 2.34. The summed E-state index contributed by atoms with van der Waals surface area (Å²) in [6.07, 6.45) is 2.61. The van der Waals surface area contributed by atoms with Gasteiger partial charge in [0.25, 0.3) is 0 Å². The summed E-state index contributed by atoms with van der Waals surface area (Å²) in [6, 6.07) is 7.76. The van der Waals surface area contributed by atoms with Gasteiger partial charge in [0.15, 0.2) is 5.84 Å². The highest BCUT2D eigenvalue weighted by atomic mass is 32.2. The van der Waals surface area contributed by atoms with Crippen molar-refractivity contribution in [3.63, 3.8) is 0 Å². The Morgan fingerprint density at radius 1 is 1.37 bits per heavy atom. The Morgan fingerprint density at radius 2 is 2.11 bits per heavy atom.